The van der Waals surface area contributed by atoms with E-state index >= 15 is 0 Å². The number of amides is 1. The van der Waals surface area contributed by atoms with Crippen molar-refractivity contribution in [3.05, 3.63) is 23.8 Å². The number of nitrogens with zero attached hydrogens (tertiary/aromatic N) is 2. The van der Waals surface area contributed by atoms with Crippen molar-refractivity contribution in [3.8, 4) is 5.75 Å². The standard InChI is InChI=1S/C22H38N2O4S/c1-9-17(4)24(21(25)15-22(5,6)7)16-18-12-13-19(23(10-2)11-3)14-20(18)28-29(8,26)27/h12-14,17H,9-11,15-16H2,1-8H3/t17-/m0/s1. The Balaban J connectivity index is 3.34. The zero-order valence-electron chi connectivity index (χ0n) is 19.3. The molecule has 0 aliphatic heterocycles. The Labute approximate surface area is 177 Å². The minimum Gasteiger partial charge on any atom is -0.382 e. The molecule has 0 aliphatic carbocycles. The van der Waals surface area contributed by atoms with Crippen molar-refractivity contribution in [3.63, 3.8) is 0 Å². The molecule has 1 rings (SSSR count). The van der Waals surface area contributed by atoms with E-state index in [-0.39, 0.29) is 23.1 Å². The topological polar surface area (TPSA) is 66.9 Å². The molecule has 1 aromatic rings. The maximum atomic E-state index is 13.0. The molecular weight excluding hydrogens is 388 g/mol. The van der Waals surface area contributed by atoms with Crippen molar-refractivity contribution in [2.75, 3.05) is 24.2 Å². The molecule has 0 aromatic heterocycles. The normalized spacial score (nSPS) is 13.1. The molecule has 0 aliphatic rings. The number of benzene rings is 1. The number of anilines is 1. The second-order valence-electron chi connectivity index (χ2n) is 8.77. The average Bonchev–Trinajstić information content (AvgIpc) is 2.58. The van der Waals surface area contributed by atoms with Crippen molar-refractivity contribution in [2.24, 2.45) is 5.41 Å². The lowest BCUT2D eigenvalue weighted by Crippen LogP contribution is -2.39. The maximum absolute atomic E-state index is 13.0. The van der Waals surface area contributed by atoms with Gasteiger partial charge in [0, 0.05) is 49.4 Å². The fraction of sp³-hybridized carbons (Fsp3) is 0.682. The first kappa shape index (κ1) is 25.3. The van der Waals surface area contributed by atoms with Crippen LogP contribution in [0.4, 0.5) is 5.69 Å². The van der Waals surface area contributed by atoms with Crippen LogP contribution in [0.5, 0.6) is 5.75 Å². The van der Waals surface area contributed by atoms with Crippen LogP contribution in [-0.2, 0) is 21.5 Å². The van der Waals surface area contributed by atoms with Crippen LogP contribution in [0.3, 0.4) is 0 Å². The Hall–Kier alpha value is -1.76. The SMILES string of the molecule is CC[C@H](C)N(Cc1ccc(N(CC)CC)cc1OS(C)(=O)=O)C(=O)CC(C)(C)C. The van der Waals surface area contributed by atoms with Crippen molar-refractivity contribution in [2.45, 2.75) is 73.9 Å². The summed E-state index contributed by atoms with van der Waals surface area (Å²) >= 11 is 0. The van der Waals surface area contributed by atoms with Crippen LogP contribution < -0.4 is 9.08 Å². The minimum atomic E-state index is -3.69. The van der Waals surface area contributed by atoms with Gasteiger partial charge in [0.05, 0.1) is 6.26 Å². The van der Waals surface area contributed by atoms with Crippen LogP contribution in [0.2, 0.25) is 0 Å². The number of carbonyl (C=O) groups excluding carboxylic acids is 1. The van der Waals surface area contributed by atoms with Crippen LogP contribution in [0.25, 0.3) is 0 Å². The monoisotopic (exact) mass is 426 g/mol. The fourth-order valence-electron chi connectivity index (χ4n) is 3.15. The second-order valence-corrected chi connectivity index (χ2v) is 10.3. The van der Waals surface area contributed by atoms with Gasteiger partial charge in [0.15, 0.2) is 0 Å². The summed E-state index contributed by atoms with van der Waals surface area (Å²) in [5, 5.41) is 0. The third-order valence-electron chi connectivity index (χ3n) is 4.89. The van der Waals surface area contributed by atoms with Crippen LogP contribution >= 0.6 is 0 Å². The van der Waals surface area contributed by atoms with Gasteiger partial charge in [-0.05, 0) is 38.7 Å². The Kier molecular flexibility index (Phi) is 9.00. The molecular formula is C22H38N2O4S. The molecule has 166 valence electrons. The molecule has 0 saturated carbocycles. The summed E-state index contributed by atoms with van der Waals surface area (Å²) in [4.78, 5) is 16.9. The highest BCUT2D eigenvalue weighted by Crippen LogP contribution is 2.30. The van der Waals surface area contributed by atoms with E-state index in [1.807, 2.05) is 65.5 Å². The number of hydrogen-bond acceptors (Lipinski definition) is 5. The van der Waals surface area contributed by atoms with E-state index in [2.05, 4.69) is 4.90 Å². The van der Waals surface area contributed by atoms with Gasteiger partial charge >= 0.3 is 10.1 Å². The van der Waals surface area contributed by atoms with Crippen LogP contribution in [-0.4, -0.2) is 44.6 Å². The lowest BCUT2D eigenvalue weighted by molar-refractivity contribution is -0.135. The first-order chi connectivity index (χ1) is 13.3. The predicted molar refractivity (Wildman–Crippen MR) is 120 cm³/mol. The number of rotatable bonds is 10. The third-order valence-corrected chi connectivity index (χ3v) is 5.37. The first-order valence-corrected chi connectivity index (χ1v) is 12.2. The van der Waals surface area contributed by atoms with Gasteiger partial charge in [-0.1, -0.05) is 33.8 Å². The third kappa shape index (κ3) is 8.25. The quantitative estimate of drug-likeness (QED) is 0.518. The molecule has 0 fully saturated rings. The first-order valence-electron chi connectivity index (χ1n) is 10.4. The number of carbonyl (C=O) groups is 1. The highest BCUT2D eigenvalue weighted by atomic mass is 32.2. The van der Waals surface area contributed by atoms with E-state index in [1.54, 1.807) is 6.07 Å². The van der Waals surface area contributed by atoms with E-state index in [1.165, 1.54) is 0 Å². The van der Waals surface area contributed by atoms with Gasteiger partial charge in [-0.2, -0.15) is 8.42 Å². The van der Waals surface area contributed by atoms with Crippen LogP contribution in [0.1, 0.15) is 66.9 Å². The van der Waals surface area contributed by atoms with Gasteiger partial charge in [0.2, 0.25) is 5.91 Å². The maximum Gasteiger partial charge on any atom is 0.306 e. The molecule has 0 heterocycles. The van der Waals surface area contributed by atoms with Crippen molar-refractivity contribution in [1.82, 2.24) is 4.90 Å². The molecule has 0 N–H and O–H groups in total. The molecule has 0 radical (unpaired) electrons. The average molecular weight is 427 g/mol. The lowest BCUT2D eigenvalue weighted by Gasteiger charge is -2.32. The Morgan fingerprint density at radius 2 is 1.72 bits per heavy atom. The summed E-state index contributed by atoms with van der Waals surface area (Å²) in [7, 11) is -3.69. The summed E-state index contributed by atoms with van der Waals surface area (Å²) in [6.07, 6.45) is 2.28. The molecule has 6 nitrogen and oxygen atoms in total. The van der Waals surface area contributed by atoms with Crippen molar-refractivity contribution >= 4 is 21.7 Å². The predicted octanol–water partition coefficient (Wildman–Crippen LogP) is 4.43. The summed E-state index contributed by atoms with van der Waals surface area (Å²) in [5.41, 5.74) is 1.46. The molecule has 0 spiro atoms. The molecule has 1 amide bonds. The van der Waals surface area contributed by atoms with Crippen LogP contribution in [0, 0.1) is 5.41 Å². The minimum absolute atomic E-state index is 0.0402. The number of hydrogen-bond donors (Lipinski definition) is 0. The van der Waals surface area contributed by atoms with Gasteiger partial charge in [-0.25, -0.2) is 0 Å². The van der Waals surface area contributed by atoms with E-state index < -0.39 is 10.1 Å². The molecule has 0 saturated heterocycles. The highest BCUT2D eigenvalue weighted by Gasteiger charge is 2.26. The Bertz CT molecular complexity index is 780. The lowest BCUT2D eigenvalue weighted by atomic mass is 9.91. The molecule has 1 aromatic carbocycles. The van der Waals surface area contributed by atoms with E-state index in [4.69, 9.17) is 4.18 Å². The second kappa shape index (κ2) is 10.3. The van der Waals surface area contributed by atoms with Gasteiger partial charge < -0.3 is 14.0 Å². The fourth-order valence-corrected chi connectivity index (χ4v) is 3.63. The van der Waals surface area contributed by atoms with Crippen LogP contribution in [0.15, 0.2) is 18.2 Å². The summed E-state index contributed by atoms with van der Waals surface area (Å²) in [6.45, 7) is 16.2. The van der Waals surface area contributed by atoms with Gasteiger partial charge in [0.1, 0.15) is 5.75 Å². The largest absolute Gasteiger partial charge is 0.382 e. The summed E-state index contributed by atoms with van der Waals surface area (Å²) < 4.78 is 29.0. The van der Waals surface area contributed by atoms with E-state index in [0.29, 0.717) is 18.5 Å². The van der Waals surface area contributed by atoms with Gasteiger partial charge in [-0.15, -0.1) is 0 Å². The Morgan fingerprint density at radius 3 is 2.17 bits per heavy atom. The zero-order chi connectivity index (χ0) is 22.4. The van der Waals surface area contributed by atoms with E-state index in [0.717, 1.165) is 31.5 Å². The van der Waals surface area contributed by atoms with E-state index in [9.17, 15) is 13.2 Å². The van der Waals surface area contributed by atoms with Gasteiger partial charge in [-0.3, -0.25) is 4.79 Å². The zero-order valence-corrected chi connectivity index (χ0v) is 20.1. The van der Waals surface area contributed by atoms with Gasteiger partial charge in [0.25, 0.3) is 0 Å². The smallest absolute Gasteiger partial charge is 0.306 e. The Morgan fingerprint density at radius 1 is 1.14 bits per heavy atom. The molecule has 0 unspecified atom stereocenters. The summed E-state index contributed by atoms with van der Waals surface area (Å²) in [5.74, 6) is 0.346. The van der Waals surface area contributed by atoms with Crippen molar-refractivity contribution < 1.29 is 17.4 Å². The van der Waals surface area contributed by atoms with Crippen molar-refractivity contribution in [1.29, 1.82) is 0 Å². The molecule has 7 heteroatoms. The molecule has 1 atom stereocenters. The highest BCUT2D eigenvalue weighted by molar-refractivity contribution is 7.86. The molecule has 29 heavy (non-hydrogen) atoms. The molecule has 0 bridgehead atoms. The summed E-state index contributed by atoms with van der Waals surface area (Å²) in [6, 6.07) is 5.62.